The number of Topliss-reactive ketones (excluding diaryl/α,β-unsaturated/α-hetero) is 1. The van der Waals surface area contributed by atoms with E-state index in [1.807, 2.05) is 37.3 Å². The number of rotatable bonds is 18. The number of hydrogen-bond acceptors (Lipinski definition) is 10. The lowest BCUT2D eigenvalue weighted by atomic mass is 9.83. The van der Waals surface area contributed by atoms with E-state index in [9.17, 15) is 33.6 Å². The lowest BCUT2D eigenvalue weighted by Gasteiger charge is -2.35. The first-order valence-electron chi connectivity index (χ1n) is 21.8. The monoisotopic (exact) mass is 842 g/mol. The topological polar surface area (TPSA) is 210 Å². The SMILES string of the molecule is CC(C)C(NC(=O)NC(C(=O)N1CCCC1C(=O)NC(CC1CC1)C(=O)C(=O)NCCC(=O)OC(C)(C)C)C1CCCCC1)C(=O)OCc1ccccc1.CCC(C)(C)O. The minimum atomic E-state index is -1.09. The van der Waals surface area contributed by atoms with Gasteiger partial charge in [-0.2, -0.15) is 0 Å². The molecule has 1 aromatic rings. The standard InChI is InChI=1S/C40H59N5O9.C5H12O/c1-25(2)32(38(51)53-24-27-13-8-6-9-14-27)43-39(52)44-33(28-15-10-7-11-16-28)37(50)45-22-12-17-30(45)35(48)42-29(23-26-18-19-26)34(47)36(49)41-21-20-31(46)54-40(3,4)5;1-4-5(2,3)6/h6,8-9,13-14,25-26,28-30,32-33H,7,10-12,15-24H2,1-5H3,(H,41,49)(H,42,48)(H2,43,44,52);6H,4H2,1-3H3. The van der Waals surface area contributed by atoms with Crippen molar-refractivity contribution in [1.29, 1.82) is 0 Å². The van der Waals surface area contributed by atoms with Crippen LogP contribution in [0, 0.1) is 17.8 Å². The molecule has 0 aromatic heterocycles. The Bertz CT molecular complexity index is 1590. The van der Waals surface area contributed by atoms with E-state index in [1.54, 1.807) is 48.5 Å². The van der Waals surface area contributed by atoms with Crippen LogP contribution in [0.2, 0.25) is 0 Å². The molecule has 4 rings (SSSR count). The summed E-state index contributed by atoms with van der Waals surface area (Å²) >= 11 is 0. The molecule has 5 N–H and O–H groups in total. The van der Waals surface area contributed by atoms with Crippen molar-refractivity contribution in [3.63, 3.8) is 0 Å². The Hall–Kier alpha value is -4.53. The molecule has 336 valence electrons. The highest BCUT2D eigenvalue weighted by atomic mass is 16.6. The molecular formula is C45H71N5O10. The second kappa shape index (κ2) is 23.5. The molecular weight excluding hydrogens is 771 g/mol. The van der Waals surface area contributed by atoms with Gasteiger partial charge in [-0.25, -0.2) is 9.59 Å². The molecule has 1 aromatic carbocycles. The fraction of sp³-hybridized carbons (Fsp3) is 0.711. The number of ether oxygens (including phenoxy) is 2. The van der Waals surface area contributed by atoms with Crippen LogP contribution in [-0.2, 0) is 44.8 Å². The Morgan fingerprint density at radius 2 is 1.48 bits per heavy atom. The summed E-state index contributed by atoms with van der Waals surface area (Å²) < 4.78 is 10.8. The number of carbonyl (C=O) groups excluding carboxylic acids is 7. The average molecular weight is 842 g/mol. The van der Waals surface area contributed by atoms with Crippen LogP contribution in [0.5, 0.6) is 0 Å². The molecule has 1 aliphatic heterocycles. The van der Waals surface area contributed by atoms with Crippen LogP contribution in [0.4, 0.5) is 4.79 Å². The van der Waals surface area contributed by atoms with Gasteiger partial charge in [0.15, 0.2) is 0 Å². The largest absolute Gasteiger partial charge is 0.460 e. The van der Waals surface area contributed by atoms with E-state index in [0.717, 1.165) is 56.9 Å². The lowest BCUT2D eigenvalue weighted by Crippen LogP contribution is -2.60. The van der Waals surface area contributed by atoms with Gasteiger partial charge in [0, 0.05) is 13.1 Å². The molecule has 5 amide bonds. The smallest absolute Gasteiger partial charge is 0.329 e. The van der Waals surface area contributed by atoms with Gasteiger partial charge in [-0.15, -0.1) is 0 Å². The normalized spacial score (nSPS) is 18.5. The third-order valence-corrected chi connectivity index (χ3v) is 11.0. The summed E-state index contributed by atoms with van der Waals surface area (Å²) in [5, 5.41) is 19.7. The Morgan fingerprint density at radius 1 is 0.850 bits per heavy atom. The van der Waals surface area contributed by atoms with Crippen molar-refractivity contribution in [2.45, 2.75) is 174 Å². The van der Waals surface area contributed by atoms with Crippen LogP contribution in [0.1, 0.15) is 138 Å². The number of ketones is 1. The van der Waals surface area contributed by atoms with Crippen LogP contribution in [0.3, 0.4) is 0 Å². The maximum atomic E-state index is 14.3. The molecule has 3 fully saturated rings. The van der Waals surface area contributed by atoms with Crippen molar-refractivity contribution in [2.75, 3.05) is 13.1 Å². The number of benzene rings is 1. The number of hydrogen-bond donors (Lipinski definition) is 5. The molecule has 15 nitrogen and oxygen atoms in total. The van der Waals surface area contributed by atoms with Crippen molar-refractivity contribution in [3.8, 4) is 0 Å². The Balaban J connectivity index is 0.00000149. The van der Waals surface area contributed by atoms with Crippen LogP contribution < -0.4 is 21.3 Å². The van der Waals surface area contributed by atoms with Crippen molar-refractivity contribution in [1.82, 2.24) is 26.2 Å². The predicted molar refractivity (Wildman–Crippen MR) is 226 cm³/mol. The van der Waals surface area contributed by atoms with Gasteiger partial charge in [0.05, 0.1) is 18.1 Å². The van der Waals surface area contributed by atoms with Gasteiger partial charge in [0.25, 0.3) is 5.91 Å². The fourth-order valence-corrected chi connectivity index (χ4v) is 7.07. The van der Waals surface area contributed by atoms with Crippen LogP contribution in [0.15, 0.2) is 30.3 Å². The summed E-state index contributed by atoms with van der Waals surface area (Å²) in [6, 6.07) is 4.66. The highest BCUT2D eigenvalue weighted by Crippen LogP contribution is 2.34. The molecule has 0 bridgehead atoms. The van der Waals surface area contributed by atoms with Gasteiger partial charge in [0.2, 0.25) is 17.6 Å². The molecule has 0 spiro atoms. The molecule has 15 heteroatoms. The summed E-state index contributed by atoms with van der Waals surface area (Å²) in [7, 11) is 0. The molecule has 60 heavy (non-hydrogen) atoms. The third kappa shape index (κ3) is 17.6. The number of nitrogens with one attached hydrogen (secondary N) is 4. The first kappa shape index (κ1) is 49.8. The van der Waals surface area contributed by atoms with Crippen LogP contribution >= 0.6 is 0 Å². The number of amides is 5. The summed E-state index contributed by atoms with van der Waals surface area (Å²) in [6.45, 7) is 14.6. The van der Waals surface area contributed by atoms with Gasteiger partial charge in [0.1, 0.15) is 30.3 Å². The van der Waals surface area contributed by atoms with E-state index in [0.29, 0.717) is 19.3 Å². The van der Waals surface area contributed by atoms with Gasteiger partial charge in [-0.3, -0.25) is 24.0 Å². The minimum Gasteiger partial charge on any atom is -0.460 e. The molecule has 4 unspecified atom stereocenters. The summed E-state index contributed by atoms with van der Waals surface area (Å²) in [6.07, 6.45) is 7.92. The quantitative estimate of drug-likeness (QED) is 0.100. The van der Waals surface area contributed by atoms with Gasteiger partial charge in [-0.1, -0.05) is 83.2 Å². The molecule has 1 saturated heterocycles. The fourth-order valence-electron chi connectivity index (χ4n) is 7.07. The maximum absolute atomic E-state index is 14.3. The van der Waals surface area contributed by atoms with E-state index in [4.69, 9.17) is 14.6 Å². The highest BCUT2D eigenvalue weighted by molar-refractivity contribution is 6.38. The molecule has 2 saturated carbocycles. The number of carbonyl (C=O) groups is 7. The van der Waals surface area contributed by atoms with Gasteiger partial charge < -0.3 is 40.7 Å². The number of likely N-dealkylation sites (tertiary alicyclic amines) is 1. The van der Waals surface area contributed by atoms with Gasteiger partial charge in [-0.05, 0) is 96.5 Å². The zero-order valence-electron chi connectivity index (χ0n) is 37.1. The van der Waals surface area contributed by atoms with Gasteiger partial charge >= 0.3 is 18.0 Å². The zero-order chi connectivity index (χ0) is 44.6. The summed E-state index contributed by atoms with van der Waals surface area (Å²) in [4.78, 5) is 94.4. The Labute approximate surface area is 356 Å². The average Bonchev–Trinajstić information content (AvgIpc) is 3.87. The second-order valence-electron chi connectivity index (χ2n) is 18.4. The number of urea groups is 1. The molecule has 0 radical (unpaired) electrons. The Kier molecular flexibility index (Phi) is 19.5. The molecule has 3 aliphatic rings. The van der Waals surface area contributed by atoms with E-state index in [2.05, 4.69) is 21.3 Å². The first-order chi connectivity index (χ1) is 28.2. The van der Waals surface area contributed by atoms with Crippen molar-refractivity contribution < 1.29 is 48.1 Å². The van der Waals surface area contributed by atoms with Crippen LogP contribution in [-0.4, -0.2) is 99.9 Å². The van der Waals surface area contributed by atoms with Crippen LogP contribution in [0.25, 0.3) is 0 Å². The predicted octanol–water partition coefficient (Wildman–Crippen LogP) is 4.86. The molecule has 1 heterocycles. The van der Waals surface area contributed by atoms with E-state index in [-0.39, 0.29) is 43.9 Å². The lowest BCUT2D eigenvalue weighted by molar-refractivity contribution is -0.155. The number of aliphatic hydroxyl groups is 1. The first-order valence-corrected chi connectivity index (χ1v) is 21.8. The molecule has 4 atom stereocenters. The maximum Gasteiger partial charge on any atom is 0.329 e. The van der Waals surface area contributed by atoms with E-state index < -0.39 is 76.8 Å². The number of nitrogens with zero attached hydrogens (tertiary/aromatic N) is 1. The summed E-state index contributed by atoms with van der Waals surface area (Å²) in [5.74, 6) is -4.02. The second-order valence-corrected chi connectivity index (χ2v) is 18.4. The summed E-state index contributed by atoms with van der Waals surface area (Å²) in [5.41, 5.74) is -0.327. The zero-order valence-corrected chi connectivity index (χ0v) is 37.1. The van der Waals surface area contributed by atoms with Crippen molar-refractivity contribution in [2.24, 2.45) is 17.8 Å². The molecule has 2 aliphatic carbocycles. The highest BCUT2D eigenvalue weighted by Gasteiger charge is 2.43. The minimum absolute atomic E-state index is 0.0552. The van der Waals surface area contributed by atoms with E-state index >= 15 is 0 Å². The van der Waals surface area contributed by atoms with Crippen molar-refractivity contribution >= 4 is 41.5 Å². The Morgan fingerprint density at radius 3 is 2.05 bits per heavy atom. The third-order valence-electron chi connectivity index (χ3n) is 11.0. The number of esters is 2. The van der Waals surface area contributed by atoms with Crippen molar-refractivity contribution in [3.05, 3.63) is 35.9 Å². The van der Waals surface area contributed by atoms with E-state index in [1.165, 1.54) is 4.90 Å².